The number of aryl methyl sites for hydroxylation is 1. The number of anilines is 1. The number of piperidine rings is 1. The van der Waals surface area contributed by atoms with Gasteiger partial charge in [0.2, 0.25) is 0 Å². The molecule has 0 bridgehead atoms. The van der Waals surface area contributed by atoms with E-state index in [0.29, 0.717) is 22.0 Å². The number of rotatable bonds is 5. The van der Waals surface area contributed by atoms with Gasteiger partial charge in [0.25, 0.3) is 11.8 Å². The molecule has 3 heterocycles. The predicted molar refractivity (Wildman–Crippen MR) is 107 cm³/mol. The van der Waals surface area contributed by atoms with Crippen molar-refractivity contribution in [1.82, 2.24) is 19.1 Å². The topological polar surface area (TPSA) is 80.1 Å². The average molecular weight is 412 g/mol. The molecule has 3 rings (SSSR count). The van der Waals surface area contributed by atoms with Crippen molar-refractivity contribution in [1.29, 1.82) is 0 Å². The normalized spacial score (nSPS) is 14.5. The summed E-state index contributed by atoms with van der Waals surface area (Å²) < 4.78 is 6.72. The molecule has 0 aliphatic carbocycles. The quantitative estimate of drug-likeness (QED) is 0.761. The first-order chi connectivity index (χ1) is 12.6. The minimum atomic E-state index is -0.256. The van der Waals surface area contributed by atoms with Crippen LogP contribution < -0.4 is 5.32 Å². The SMILES string of the molecule is CSc1nsc(SC)c1C(=O)Nc1cnn(C)c1C(=O)N1CCCCC1. The Bertz CT molecular complexity index is 789. The van der Waals surface area contributed by atoms with Crippen LogP contribution in [0.2, 0.25) is 0 Å². The van der Waals surface area contributed by atoms with Gasteiger partial charge in [0.05, 0.1) is 21.7 Å². The van der Waals surface area contributed by atoms with Crippen molar-refractivity contribution in [2.45, 2.75) is 28.5 Å². The molecule has 140 valence electrons. The fourth-order valence-electron chi connectivity index (χ4n) is 2.94. The number of carbonyl (C=O) groups excluding carboxylic acids is 2. The zero-order chi connectivity index (χ0) is 18.7. The van der Waals surface area contributed by atoms with Crippen molar-refractivity contribution in [3.05, 3.63) is 17.5 Å². The molecule has 0 atom stereocenters. The van der Waals surface area contributed by atoms with Crippen LogP contribution in [0.5, 0.6) is 0 Å². The van der Waals surface area contributed by atoms with Crippen molar-refractivity contribution in [2.24, 2.45) is 7.05 Å². The van der Waals surface area contributed by atoms with Gasteiger partial charge in [-0.15, -0.1) is 23.5 Å². The maximum atomic E-state index is 12.9. The fraction of sp³-hybridized carbons (Fsp3) is 0.500. The molecule has 1 fully saturated rings. The Morgan fingerprint density at radius 1 is 1.19 bits per heavy atom. The first kappa shape index (κ1) is 19.2. The predicted octanol–water partition coefficient (Wildman–Crippen LogP) is 3.20. The molecular weight excluding hydrogens is 390 g/mol. The molecule has 0 unspecified atom stereocenters. The monoisotopic (exact) mass is 411 g/mol. The van der Waals surface area contributed by atoms with E-state index in [4.69, 9.17) is 0 Å². The van der Waals surface area contributed by atoms with Crippen LogP contribution in [0.15, 0.2) is 15.4 Å². The minimum absolute atomic E-state index is 0.0846. The van der Waals surface area contributed by atoms with Gasteiger partial charge in [-0.25, -0.2) is 0 Å². The van der Waals surface area contributed by atoms with E-state index in [1.165, 1.54) is 45.9 Å². The van der Waals surface area contributed by atoms with E-state index < -0.39 is 0 Å². The van der Waals surface area contributed by atoms with E-state index in [9.17, 15) is 9.59 Å². The Morgan fingerprint density at radius 3 is 2.58 bits per heavy atom. The number of nitrogens with zero attached hydrogens (tertiary/aromatic N) is 4. The first-order valence-corrected chi connectivity index (χ1v) is 11.5. The van der Waals surface area contributed by atoms with Crippen LogP contribution in [0.1, 0.15) is 40.1 Å². The lowest BCUT2D eigenvalue weighted by Gasteiger charge is -2.27. The Kier molecular flexibility index (Phi) is 6.25. The van der Waals surface area contributed by atoms with Gasteiger partial charge in [-0.2, -0.15) is 9.47 Å². The lowest BCUT2D eigenvalue weighted by molar-refractivity contribution is 0.0714. The standard InChI is InChI=1S/C16H21N5O2S3/c1-20-12(15(23)21-7-5-4-6-8-21)10(9-17-20)18-13(22)11-14(24-2)19-26-16(11)25-3/h9H,4-8H2,1-3H3,(H,18,22). The summed E-state index contributed by atoms with van der Waals surface area (Å²) in [4.78, 5) is 27.6. The van der Waals surface area contributed by atoms with E-state index in [1.807, 2.05) is 17.4 Å². The molecular formula is C16H21N5O2S3. The third-order valence-electron chi connectivity index (χ3n) is 4.27. The third kappa shape index (κ3) is 3.77. The number of aromatic nitrogens is 3. The molecule has 0 aromatic carbocycles. The molecule has 7 nitrogen and oxygen atoms in total. The number of carbonyl (C=O) groups is 2. The van der Waals surface area contributed by atoms with Gasteiger partial charge in [0, 0.05) is 20.1 Å². The lowest BCUT2D eigenvalue weighted by atomic mass is 10.1. The molecule has 2 amide bonds. The van der Waals surface area contributed by atoms with Crippen LogP contribution in [0, 0.1) is 0 Å². The summed E-state index contributed by atoms with van der Waals surface area (Å²) in [5, 5.41) is 7.76. The fourth-order valence-corrected chi connectivity index (χ4v) is 5.22. The molecule has 2 aromatic heterocycles. The second kappa shape index (κ2) is 8.45. The summed E-state index contributed by atoms with van der Waals surface area (Å²) in [6.07, 6.45) is 8.53. The average Bonchev–Trinajstić information content (AvgIpc) is 3.25. The Labute approximate surface area is 165 Å². The summed E-state index contributed by atoms with van der Waals surface area (Å²) >= 11 is 4.25. The summed E-state index contributed by atoms with van der Waals surface area (Å²) in [6, 6.07) is 0. The van der Waals surface area contributed by atoms with Crippen LogP contribution in [0.3, 0.4) is 0 Å². The zero-order valence-corrected chi connectivity index (χ0v) is 17.4. The molecule has 1 saturated heterocycles. The molecule has 1 aliphatic heterocycles. The van der Waals surface area contributed by atoms with Gasteiger partial charge < -0.3 is 10.2 Å². The van der Waals surface area contributed by atoms with Gasteiger partial charge in [-0.1, -0.05) is 0 Å². The number of amides is 2. The summed E-state index contributed by atoms with van der Waals surface area (Å²) in [5.41, 5.74) is 1.42. The highest BCUT2D eigenvalue weighted by Crippen LogP contribution is 2.33. The van der Waals surface area contributed by atoms with Gasteiger partial charge in [0.1, 0.15) is 10.7 Å². The number of thioether (sulfide) groups is 2. The second-order valence-corrected chi connectivity index (χ2v) is 8.54. The zero-order valence-electron chi connectivity index (χ0n) is 14.9. The molecule has 26 heavy (non-hydrogen) atoms. The Hall–Kier alpha value is -1.52. The number of hydrogen-bond donors (Lipinski definition) is 1. The van der Waals surface area contributed by atoms with Crippen LogP contribution in [0.25, 0.3) is 0 Å². The van der Waals surface area contributed by atoms with E-state index in [0.717, 1.165) is 36.6 Å². The van der Waals surface area contributed by atoms with Crippen LogP contribution in [0.4, 0.5) is 5.69 Å². The van der Waals surface area contributed by atoms with Crippen molar-refractivity contribution < 1.29 is 9.59 Å². The van der Waals surface area contributed by atoms with E-state index in [1.54, 1.807) is 7.05 Å². The molecule has 1 N–H and O–H groups in total. The van der Waals surface area contributed by atoms with E-state index in [2.05, 4.69) is 14.8 Å². The molecule has 10 heteroatoms. The van der Waals surface area contributed by atoms with Gasteiger partial charge in [-0.3, -0.25) is 14.3 Å². The van der Waals surface area contributed by atoms with Crippen molar-refractivity contribution in [3.8, 4) is 0 Å². The Balaban J connectivity index is 1.86. The molecule has 2 aromatic rings. The summed E-state index contributed by atoms with van der Waals surface area (Å²) in [7, 11) is 1.72. The minimum Gasteiger partial charge on any atom is -0.337 e. The number of hydrogen-bond acceptors (Lipinski definition) is 7. The van der Waals surface area contributed by atoms with Crippen molar-refractivity contribution in [2.75, 3.05) is 30.9 Å². The smallest absolute Gasteiger partial charge is 0.274 e. The van der Waals surface area contributed by atoms with Gasteiger partial charge in [-0.05, 0) is 43.3 Å². The highest BCUT2D eigenvalue weighted by Gasteiger charge is 2.27. The van der Waals surface area contributed by atoms with Crippen LogP contribution >= 0.6 is 35.1 Å². The van der Waals surface area contributed by atoms with Crippen molar-refractivity contribution >= 4 is 52.6 Å². The Morgan fingerprint density at radius 2 is 1.92 bits per heavy atom. The molecule has 1 aliphatic rings. The lowest BCUT2D eigenvalue weighted by Crippen LogP contribution is -2.37. The summed E-state index contributed by atoms with van der Waals surface area (Å²) in [6.45, 7) is 1.50. The highest BCUT2D eigenvalue weighted by molar-refractivity contribution is 8.01. The maximum absolute atomic E-state index is 12.9. The maximum Gasteiger partial charge on any atom is 0.274 e. The molecule has 0 saturated carbocycles. The van der Waals surface area contributed by atoms with E-state index >= 15 is 0 Å². The first-order valence-electron chi connectivity index (χ1n) is 8.27. The summed E-state index contributed by atoms with van der Waals surface area (Å²) in [5.74, 6) is -0.341. The molecule has 0 radical (unpaired) electrons. The largest absolute Gasteiger partial charge is 0.337 e. The number of nitrogens with one attached hydrogen (secondary N) is 1. The van der Waals surface area contributed by atoms with E-state index in [-0.39, 0.29) is 11.8 Å². The molecule has 0 spiro atoms. The number of likely N-dealkylation sites (tertiary alicyclic amines) is 1. The van der Waals surface area contributed by atoms with Gasteiger partial charge in [0.15, 0.2) is 0 Å². The highest BCUT2D eigenvalue weighted by atomic mass is 32.2. The van der Waals surface area contributed by atoms with Crippen LogP contribution in [-0.4, -0.2) is 56.5 Å². The van der Waals surface area contributed by atoms with Crippen LogP contribution in [-0.2, 0) is 7.05 Å². The third-order valence-corrected chi connectivity index (χ3v) is 7.01. The second-order valence-electron chi connectivity index (χ2n) is 5.90. The van der Waals surface area contributed by atoms with Gasteiger partial charge >= 0.3 is 0 Å². The van der Waals surface area contributed by atoms with Crippen molar-refractivity contribution in [3.63, 3.8) is 0 Å².